The molecule has 7 heteroatoms. The normalized spacial score (nSPS) is 10.7. The molecule has 6 nitrogen and oxygen atoms in total. The van der Waals surface area contributed by atoms with E-state index < -0.39 is 5.91 Å². The lowest BCUT2D eigenvalue weighted by atomic mass is 9.97. The maximum Gasteiger partial charge on any atom is 0.258 e. The van der Waals surface area contributed by atoms with Crippen LogP contribution in [0.3, 0.4) is 0 Å². The Labute approximate surface area is 177 Å². The minimum absolute atomic E-state index is 0.162. The van der Waals surface area contributed by atoms with Crippen LogP contribution in [0.1, 0.15) is 33.2 Å². The largest absolute Gasteiger partial charge is 0.366 e. The molecule has 0 aliphatic carbocycles. The third-order valence-corrected chi connectivity index (χ3v) is 5.48. The van der Waals surface area contributed by atoms with Crippen LogP contribution in [0, 0.1) is 0 Å². The van der Waals surface area contributed by atoms with Gasteiger partial charge in [0.1, 0.15) is 5.69 Å². The SMILES string of the molecule is CCc1ccc(C(=O)Nc2onc(-c3ccsc3)c2-c2ccccc2C(N)=O)cc1. The van der Waals surface area contributed by atoms with Gasteiger partial charge in [-0.15, -0.1) is 0 Å². The Kier molecular flexibility index (Phi) is 5.45. The quantitative estimate of drug-likeness (QED) is 0.462. The first-order valence-corrected chi connectivity index (χ1v) is 10.3. The Bertz CT molecular complexity index is 1190. The molecule has 0 bridgehead atoms. The lowest BCUT2D eigenvalue weighted by molar-refractivity contribution is 0.0998. The number of primary amides is 1. The van der Waals surface area contributed by atoms with Crippen molar-refractivity contribution in [2.24, 2.45) is 5.73 Å². The van der Waals surface area contributed by atoms with Gasteiger partial charge in [0.15, 0.2) is 0 Å². The van der Waals surface area contributed by atoms with Gasteiger partial charge in [-0.1, -0.05) is 42.4 Å². The van der Waals surface area contributed by atoms with Gasteiger partial charge in [-0.3, -0.25) is 14.9 Å². The molecule has 0 radical (unpaired) electrons. The van der Waals surface area contributed by atoms with Crippen LogP contribution in [0.5, 0.6) is 0 Å². The van der Waals surface area contributed by atoms with Crippen molar-refractivity contribution >= 4 is 29.0 Å². The molecule has 30 heavy (non-hydrogen) atoms. The van der Waals surface area contributed by atoms with Crippen LogP contribution in [-0.2, 0) is 6.42 Å². The summed E-state index contributed by atoms with van der Waals surface area (Å²) >= 11 is 1.51. The number of nitrogens with two attached hydrogens (primary N) is 1. The van der Waals surface area contributed by atoms with Crippen LogP contribution in [-0.4, -0.2) is 17.0 Å². The molecule has 3 N–H and O–H groups in total. The fraction of sp³-hybridized carbons (Fsp3) is 0.0870. The van der Waals surface area contributed by atoms with Crippen LogP contribution in [0.25, 0.3) is 22.4 Å². The van der Waals surface area contributed by atoms with Crippen molar-refractivity contribution in [3.05, 3.63) is 82.0 Å². The average molecular weight is 417 g/mol. The first-order chi connectivity index (χ1) is 14.6. The first-order valence-electron chi connectivity index (χ1n) is 9.40. The van der Waals surface area contributed by atoms with Gasteiger partial charge in [0.25, 0.3) is 5.91 Å². The molecule has 0 aliphatic rings. The minimum atomic E-state index is -0.574. The number of carbonyl (C=O) groups is 2. The second kappa shape index (κ2) is 8.34. The summed E-state index contributed by atoms with van der Waals surface area (Å²) in [5, 5.41) is 10.8. The molecule has 2 aromatic heterocycles. The summed E-state index contributed by atoms with van der Waals surface area (Å²) in [5.41, 5.74) is 9.95. The zero-order chi connectivity index (χ0) is 21.1. The molecule has 2 heterocycles. The number of aromatic nitrogens is 1. The molecule has 4 aromatic rings. The molecule has 0 atom stereocenters. The highest BCUT2D eigenvalue weighted by atomic mass is 32.1. The molecule has 0 unspecified atom stereocenters. The molecular formula is C23H19N3O3S. The van der Waals surface area contributed by atoms with Crippen molar-refractivity contribution in [2.45, 2.75) is 13.3 Å². The third kappa shape index (κ3) is 3.75. The standard InChI is InChI=1S/C23H19N3O3S/c1-2-14-7-9-15(10-8-14)22(28)25-23-19(17-5-3-4-6-18(17)21(24)27)20(26-29-23)16-11-12-30-13-16/h3-13H,2H2,1H3,(H2,24,27)(H,25,28). The second-order valence-corrected chi connectivity index (χ2v) is 7.44. The van der Waals surface area contributed by atoms with Crippen molar-refractivity contribution in [3.8, 4) is 22.4 Å². The van der Waals surface area contributed by atoms with Crippen molar-refractivity contribution in [1.29, 1.82) is 0 Å². The van der Waals surface area contributed by atoms with Gasteiger partial charge in [-0.2, -0.15) is 11.3 Å². The van der Waals surface area contributed by atoms with Crippen molar-refractivity contribution < 1.29 is 14.1 Å². The van der Waals surface area contributed by atoms with E-state index in [0.29, 0.717) is 27.9 Å². The Balaban J connectivity index is 1.79. The molecule has 4 rings (SSSR count). The van der Waals surface area contributed by atoms with E-state index in [1.807, 2.05) is 29.0 Å². The topological polar surface area (TPSA) is 98.2 Å². The third-order valence-electron chi connectivity index (χ3n) is 4.80. The predicted octanol–water partition coefficient (Wildman–Crippen LogP) is 4.98. The Hall–Kier alpha value is -3.71. The zero-order valence-corrected chi connectivity index (χ0v) is 17.0. The Morgan fingerprint density at radius 1 is 1.10 bits per heavy atom. The molecule has 2 aromatic carbocycles. The summed E-state index contributed by atoms with van der Waals surface area (Å²) in [4.78, 5) is 24.8. The van der Waals surface area contributed by atoms with E-state index in [0.717, 1.165) is 17.5 Å². The number of thiophene rings is 1. The summed E-state index contributed by atoms with van der Waals surface area (Å²) < 4.78 is 5.52. The fourth-order valence-corrected chi connectivity index (χ4v) is 3.85. The molecular weight excluding hydrogens is 398 g/mol. The van der Waals surface area contributed by atoms with Gasteiger partial charge >= 0.3 is 0 Å². The van der Waals surface area contributed by atoms with Crippen molar-refractivity contribution in [1.82, 2.24) is 5.16 Å². The Morgan fingerprint density at radius 2 is 1.87 bits per heavy atom. The maximum absolute atomic E-state index is 12.8. The maximum atomic E-state index is 12.8. The summed E-state index contributed by atoms with van der Waals surface area (Å²) in [7, 11) is 0. The lowest BCUT2D eigenvalue weighted by Gasteiger charge is -2.09. The number of anilines is 1. The smallest absolute Gasteiger partial charge is 0.258 e. The van der Waals surface area contributed by atoms with Crippen LogP contribution < -0.4 is 11.1 Å². The number of nitrogens with zero attached hydrogens (tertiary/aromatic N) is 1. The van der Waals surface area contributed by atoms with Gasteiger partial charge in [-0.05, 0) is 41.6 Å². The Morgan fingerprint density at radius 3 is 2.53 bits per heavy atom. The van der Waals surface area contributed by atoms with Gasteiger partial charge < -0.3 is 10.3 Å². The lowest BCUT2D eigenvalue weighted by Crippen LogP contribution is -2.14. The number of amides is 2. The van der Waals surface area contributed by atoms with E-state index in [9.17, 15) is 9.59 Å². The second-order valence-electron chi connectivity index (χ2n) is 6.66. The summed E-state index contributed by atoms with van der Waals surface area (Å²) in [6.45, 7) is 2.05. The highest BCUT2D eigenvalue weighted by molar-refractivity contribution is 7.08. The number of aryl methyl sites for hydroxylation is 1. The molecule has 0 saturated heterocycles. The van der Waals surface area contributed by atoms with Gasteiger partial charge in [0.05, 0.1) is 5.56 Å². The van der Waals surface area contributed by atoms with Crippen LogP contribution in [0.4, 0.5) is 5.88 Å². The van der Waals surface area contributed by atoms with Crippen LogP contribution in [0.2, 0.25) is 0 Å². The highest BCUT2D eigenvalue weighted by Crippen LogP contribution is 2.40. The average Bonchev–Trinajstić information content (AvgIpc) is 3.43. The van der Waals surface area contributed by atoms with E-state index in [1.54, 1.807) is 36.4 Å². The van der Waals surface area contributed by atoms with E-state index in [1.165, 1.54) is 11.3 Å². The number of carbonyl (C=O) groups excluding carboxylic acids is 2. The first kappa shape index (κ1) is 19.6. The van der Waals surface area contributed by atoms with E-state index in [4.69, 9.17) is 10.3 Å². The zero-order valence-electron chi connectivity index (χ0n) is 16.2. The molecule has 0 saturated carbocycles. The predicted molar refractivity (Wildman–Crippen MR) is 118 cm³/mol. The van der Waals surface area contributed by atoms with E-state index >= 15 is 0 Å². The van der Waals surface area contributed by atoms with Crippen molar-refractivity contribution in [2.75, 3.05) is 5.32 Å². The van der Waals surface area contributed by atoms with Crippen molar-refractivity contribution in [3.63, 3.8) is 0 Å². The molecule has 150 valence electrons. The number of hydrogen-bond donors (Lipinski definition) is 2. The van der Waals surface area contributed by atoms with Crippen LogP contribution in [0.15, 0.2) is 69.9 Å². The van der Waals surface area contributed by atoms with E-state index in [2.05, 4.69) is 17.4 Å². The number of benzene rings is 2. The summed E-state index contributed by atoms with van der Waals surface area (Å²) in [5.74, 6) is -0.742. The van der Waals surface area contributed by atoms with Gasteiger partial charge in [-0.25, -0.2) is 0 Å². The monoisotopic (exact) mass is 417 g/mol. The highest BCUT2D eigenvalue weighted by Gasteiger charge is 2.24. The molecule has 0 spiro atoms. The molecule has 0 fully saturated rings. The fourth-order valence-electron chi connectivity index (χ4n) is 3.20. The van der Waals surface area contributed by atoms with Crippen LogP contribution >= 0.6 is 11.3 Å². The summed E-state index contributed by atoms with van der Waals surface area (Å²) in [6, 6.07) is 16.2. The van der Waals surface area contributed by atoms with Gasteiger partial charge in [0, 0.05) is 27.6 Å². The molecule has 0 aliphatic heterocycles. The number of nitrogens with one attached hydrogen (secondary N) is 1. The minimum Gasteiger partial charge on any atom is -0.366 e. The van der Waals surface area contributed by atoms with E-state index in [-0.39, 0.29) is 11.8 Å². The number of rotatable bonds is 6. The summed E-state index contributed by atoms with van der Waals surface area (Å²) in [6.07, 6.45) is 0.891. The number of hydrogen-bond acceptors (Lipinski definition) is 5. The van der Waals surface area contributed by atoms with Gasteiger partial charge in [0.2, 0.25) is 11.8 Å². The molecule has 2 amide bonds.